The van der Waals surface area contributed by atoms with Gasteiger partial charge in [0.2, 0.25) is 0 Å². The van der Waals surface area contributed by atoms with Gasteiger partial charge in [-0.15, -0.1) is 0 Å². The smallest absolute Gasteiger partial charge is 0.319 e. The lowest BCUT2D eigenvalue weighted by Gasteiger charge is -2.58. The number of carbonyl (C=O) groups excluding carboxylic acids is 1. The number of thioether (sulfide) groups is 1. The van der Waals surface area contributed by atoms with Crippen LogP contribution >= 0.6 is 11.8 Å². The number of carbonyl (C=O) groups is 1. The molecule has 2 fully saturated rings. The highest BCUT2D eigenvalue weighted by Gasteiger charge is 2.60. The van der Waals surface area contributed by atoms with Crippen LogP contribution in [0.1, 0.15) is 33.6 Å². The standard InChI is InChI=1S/C13H22O3S/c1-8(17-4)12(14)16-11-9-6-5-7-15-10(9)13(11,2)3/h8-11H,5-7H2,1-4H3/t8-,9+,10-,11-/m1/s1. The quantitative estimate of drug-likeness (QED) is 0.729. The molecule has 2 aliphatic rings. The molecule has 0 bridgehead atoms. The lowest BCUT2D eigenvalue weighted by molar-refractivity contribution is -0.254. The summed E-state index contributed by atoms with van der Waals surface area (Å²) < 4.78 is 11.5. The van der Waals surface area contributed by atoms with Gasteiger partial charge in [0, 0.05) is 17.9 Å². The molecule has 0 aromatic heterocycles. The first-order valence-electron chi connectivity index (χ1n) is 6.33. The molecule has 17 heavy (non-hydrogen) atoms. The second-order valence-corrected chi connectivity index (χ2v) is 6.83. The zero-order valence-electron chi connectivity index (χ0n) is 11.1. The summed E-state index contributed by atoms with van der Waals surface area (Å²) in [6.07, 6.45) is 4.46. The van der Waals surface area contributed by atoms with Gasteiger partial charge in [0.1, 0.15) is 6.10 Å². The molecule has 1 heterocycles. The molecule has 98 valence electrons. The topological polar surface area (TPSA) is 35.5 Å². The predicted molar refractivity (Wildman–Crippen MR) is 69.1 cm³/mol. The average molecular weight is 258 g/mol. The summed E-state index contributed by atoms with van der Waals surface area (Å²) in [5.41, 5.74) is -0.0289. The lowest BCUT2D eigenvalue weighted by Crippen LogP contribution is -2.65. The van der Waals surface area contributed by atoms with Gasteiger partial charge < -0.3 is 9.47 Å². The van der Waals surface area contributed by atoms with E-state index in [-0.39, 0.29) is 28.8 Å². The van der Waals surface area contributed by atoms with Crippen LogP contribution in [0.3, 0.4) is 0 Å². The Balaban J connectivity index is 1.99. The summed E-state index contributed by atoms with van der Waals surface area (Å²) in [5.74, 6) is 0.330. The maximum absolute atomic E-state index is 11.9. The third-order valence-corrected chi connectivity index (χ3v) is 5.05. The molecule has 3 nitrogen and oxygen atoms in total. The van der Waals surface area contributed by atoms with Crippen LogP contribution in [-0.2, 0) is 14.3 Å². The van der Waals surface area contributed by atoms with Crippen molar-refractivity contribution in [2.45, 2.75) is 51.1 Å². The maximum atomic E-state index is 11.9. The van der Waals surface area contributed by atoms with Crippen LogP contribution in [0, 0.1) is 11.3 Å². The largest absolute Gasteiger partial charge is 0.460 e. The number of esters is 1. The molecule has 0 unspecified atom stereocenters. The maximum Gasteiger partial charge on any atom is 0.319 e. The minimum absolute atomic E-state index is 0.0289. The molecule has 1 saturated heterocycles. The van der Waals surface area contributed by atoms with Crippen molar-refractivity contribution in [3.05, 3.63) is 0 Å². The monoisotopic (exact) mass is 258 g/mol. The van der Waals surface area contributed by atoms with Crippen LogP contribution in [0.15, 0.2) is 0 Å². The Hall–Kier alpha value is -0.220. The van der Waals surface area contributed by atoms with E-state index in [1.807, 2.05) is 13.2 Å². The van der Waals surface area contributed by atoms with Crippen molar-refractivity contribution >= 4 is 17.7 Å². The molecular formula is C13H22O3S. The number of hydrogen-bond donors (Lipinski definition) is 0. The van der Waals surface area contributed by atoms with Crippen LogP contribution in [0.25, 0.3) is 0 Å². The van der Waals surface area contributed by atoms with Gasteiger partial charge in [-0.25, -0.2) is 0 Å². The number of rotatable bonds is 3. The van der Waals surface area contributed by atoms with Gasteiger partial charge in [-0.1, -0.05) is 13.8 Å². The van der Waals surface area contributed by atoms with E-state index in [0.29, 0.717) is 5.92 Å². The molecule has 2 rings (SSSR count). The number of ether oxygens (including phenoxy) is 2. The number of hydrogen-bond acceptors (Lipinski definition) is 4. The zero-order chi connectivity index (χ0) is 12.6. The van der Waals surface area contributed by atoms with Gasteiger partial charge in [0.25, 0.3) is 0 Å². The van der Waals surface area contributed by atoms with Gasteiger partial charge in [-0.2, -0.15) is 11.8 Å². The molecule has 1 aliphatic heterocycles. The van der Waals surface area contributed by atoms with Gasteiger partial charge in [0.15, 0.2) is 0 Å². The van der Waals surface area contributed by atoms with Crippen molar-refractivity contribution in [1.29, 1.82) is 0 Å². The molecular weight excluding hydrogens is 236 g/mol. The lowest BCUT2D eigenvalue weighted by atomic mass is 9.57. The second-order valence-electron chi connectivity index (χ2n) is 5.65. The highest BCUT2D eigenvalue weighted by molar-refractivity contribution is 7.99. The molecule has 0 radical (unpaired) electrons. The first kappa shape index (κ1) is 13.2. The SMILES string of the molecule is CS[C@H](C)C(=O)O[C@@H]1[C@H]2CCCO[C@H]2C1(C)C. The van der Waals surface area contributed by atoms with E-state index in [4.69, 9.17) is 9.47 Å². The second kappa shape index (κ2) is 4.81. The fraction of sp³-hybridized carbons (Fsp3) is 0.923. The summed E-state index contributed by atoms with van der Waals surface area (Å²) >= 11 is 1.53. The van der Waals surface area contributed by atoms with Gasteiger partial charge >= 0.3 is 5.97 Å². The van der Waals surface area contributed by atoms with E-state index >= 15 is 0 Å². The third kappa shape index (κ3) is 2.22. The Morgan fingerprint density at radius 3 is 2.88 bits per heavy atom. The van der Waals surface area contributed by atoms with Crippen LogP contribution in [0.2, 0.25) is 0 Å². The van der Waals surface area contributed by atoms with Gasteiger partial charge in [-0.05, 0) is 26.0 Å². The van der Waals surface area contributed by atoms with Crippen molar-refractivity contribution < 1.29 is 14.3 Å². The van der Waals surface area contributed by atoms with E-state index < -0.39 is 0 Å². The Kier molecular flexibility index (Phi) is 3.74. The third-order valence-electron chi connectivity index (χ3n) is 4.15. The highest BCUT2D eigenvalue weighted by Crippen LogP contribution is 2.53. The molecule has 4 atom stereocenters. The molecule has 0 N–H and O–H groups in total. The van der Waals surface area contributed by atoms with Crippen molar-refractivity contribution in [3.8, 4) is 0 Å². The van der Waals surface area contributed by atoms with Crippen LogP contribution in [-0.4, -0.2) is 36.3 Å². The zero-order valence-corrected chi connectivity index (χ0v) is 11.9. The van der Waals surface area contributed by atoms with E-state index in [2.05, 4.69) is 13.8 Å². The van der Waals surface area contributed by atoms with E-state index in [1.165, 1.54) is 11.8 Å². The minimum atomic E-state index is -0.0837. The summed E-state index contributed by atoms with van der Waals surface area (Å²) in [6.45, 7) is 7.03. The molecule has 0 spiro atoms. The summed E-state index contributed by atoms with van der Waals surface area (Å²) in [6, 6.07) is 0. The first-order chi connectivity index (χ1) is 7.98. The average Bonchev–Trinajstić information content (AvgIpc) is 2.34. The Morgan fingerprint density at radius 1 is 1.53 bits per heavy atom. The van der Waals surface area contributed by atoms with Crippen LogP contribution in [0.4, 0.5) is 0 Å². The molecule has 1 saturated carbocycles. The van der Waals surface area contributed by atoms with Crippen molar-refractivity contribution in [3.63, 3.8) is 0 Å². The molecule has 0 amide bonds. The molecule has 0 aromatic carbocycles. The summed E-state index contributed by atoms with van der Waals surface area (Å²) in [5, 5.41) is -0.0747. The van der Waals surface area contributed by atoms with Crippen molar-refractivity contribution in [2.24, 2.45) is 11.3 Å². The van der Waals surface area contributed by atoms with Crippen LogP contribution < -0.4 is 0 Å². The Morgan fingerprint density at radius 2 is 2.24 bits per heavy atom. The first-order valence-corrected chi connectivity index (χ1v) is 7.62. The summed E-state index contributed by atoms with van der Waals surface area (Å²) in [4.78, 5) is 11.9. The fourth-order valence-corrected chi connectivity index (χ4v) is 3.28. The molecule has 4 heteroatoms. The highest BCUT2D eigenvalue weighted by atomic mass is 32.2. The number of fused-ring (bicyclic) bond motifs is 1. The van der Waals surface area contributed by atoms with Gasteiger partial charge in [-0.3, -0.25) is 4.79 Å². The van der Waals surface area contributed by atoms with Crippen molar-refractivity contribution in [1.82, 2.24) is 0 Å². The normalized spacial score (nSPS) is 36.6. The van der Waals surface area contributed by atoms with Crippen LogP contribution in [0.5, 0.6) is 0 Å². The van der Waals surface area contributed by atoms with Gasteiger partial charge in [0.05, 0.1) is 11.4 Å². The molecule has 0 aromatic rings. The fourth-order valence-electron chi connectivity index (χ4n) is 3.03. The van der Waals surface area contributed by atoms with E-state index in [1.54, 1.807) is 0 Å². The minimum Gasteiger partial charge on any atom is -0.460 e. The Bertz CT molecular complexity index is 303. The Labute approximate surface area is 108 Å². The molecule has 1 aliphatic carbocycles. The summed E-state index contributed by atoms with van der Waals surface area (Å²) in [7, 11) is 0. The van der Waals surface area contributed by atoms with E-state index in [0.717, 1.165) is 19.4 Å². The van der Waals surface area contributed by atoms with E-state index in [9.17, 15) is 4.79 Å². The van der Waals surface area contributed by atoms with Crippen molar-refractivity contribution in [2.75, 3.05) is 12.9 Å². The predicted octanol–water partition coefficient (Wildman–Crippen LogP) is 2.48.